The number of carbonyl (C=O) groups is 1. The van der Waals surface area contributed by atoms with Gasteiger partial charge in [0, 0.05) is 25.8 Å². The second-order valence-corrected chi connectivity index (χ2v) is 5.50. The van der Waals surface area contributed by atoms with Crippen LogP contribution in [0.5, 0.6) is 0 Å². The Hall–Kier alpha value is -1.35. The molecule has 1 heterocycles. The minimum absolute atomic E-state index is 0.243. The zero-order valence-electron chi connectivity index (χ0n) is 13.9. The molecular weight excluding hydrogens is 262 g/mol. The second kappa shape index (κ2) is 8.83. The van der Waals surface area contributed by atoms with Crippen LogP contribution in [0.15, 0.2) is 18.2 Å². The van der Waals surface area contributed by atoms with Crippen molar-refractivity contribution in [3.8, 4) is 0 Å². The first-order valence-electron chi connectivity index (χ1n) is 8.07. The number of nitrogens with zero attached hydrogens (tertiary/aromatic N) is 1. The van der Waals surface area contributed by atoms with Gasteiger partial charge in [0.05, 0.1) is 0 Å². The van der Waals surface area contributed by atoms with Gasteiger partial charge in [-0.1, -0.05) is 44.4 Å². The first kappa shape index (κ1) is 17.7. The van der Waals surface area contributed by atoms with Crippen molar-refractivity contribution < 1.29 is 9.90 Å². The van der Waals surface area contributed by atoms with Crippen molar-refractivity contribution in [2.45, 2.75) is 53.0 Å². The van der Waals surface area contributed by atoms with E-state index in [4.69, 9.17) is 5.11 Å². The Morgan fingerprint density at radius 3 is 2.43 bits per heavy atom. The fourth-order valence-electron chi connectivity index (χ4n) is 3.16. The van der Waals surface area contributed by atoms with Crippen LogP contribution >= 0.6 is 0 Å². The van der Waals surface area contributed by atoms with Crippen LogP contribution in [0, 0.1) is 12.8 Å². The molecule has 1 aromatic rings. The Kier molecular flexibility index (Phi) is 7.44. The maximum atomic E-state index is 12.2. The van der Waals surface area contributed by atoms with Crippen molar-refractivity contribution in [3.05, 3.63) is 34.9 Å². The van der Waals surface area contributed by atoms with Crippen LogP contribution in [0.4, 0.5) is 0 Å². The number of carbonyl (C=O) groups excluding carboxylic acids is 1. The lowest BCUT2D eigenvalue weighted by Crippen LogP contribution is -2.28. The Morgan fingerprint density at radius 2 is 1.81 bits per heavy atom. The van der Waals surface area contributed by atoms with E-state index in [9.17, 15) is 4.79 Å². The van der Waals surface area contributed by atoms with Gasteiger partial charge in [0.25, 0.3) is 5.91 Å². The van der Waals surface area contributed by atoms with Crippen molar-refractivity contribution in [2.75, 3.05) is 13.7 Å². The molecule has 0 aromatic heterocycles. The van der Waals surface area contributed by atoms with E-state index in [0.717, 1.165) is 31.7 Å². The van der Waals surface area contributed by atoms with Gasteiger partial charge in [-0.25, -0.2) is 0 Å². The van der Waals surface area contributed by atoms with Gasteiger partial charge in [-0.2, -0.15) is 0 Å². The summed E-state index contributed by atoms with van der Waals surface area (Å²) in [7, 11) is 1.00. The van der Waals surface area contributed by atoms with Crippen molar-refractivity contribution >= 4 is 5.91 Å². The number of amides is 1. The summed E-state index contributed by atoms with van der Waals surface area (Å²) in [6, 6.07) is 6.18. The molecule has 3 nitrogen and oxygen atoms in total. The molecule has 3 rings (SSSR count). The Bertz CT molecular complexity index is 451. The molecule has 0 bridgehead atoms. The molecule has 0 atom stereocenters. The normalized spacial score (nSPS) is 16.8. The molecule has 21 heavy (non-hydrogen) atoms. The number of aliphatic hydroxyl groups excluding tert-OH is 1. The molecule has 0 unspecified atom stereocenters. The maximum absolute atomic E-state index is 12.2. The quantitative estimate of drug-likeness (QED) is 0.901. The molecule has 1 saturated carbocycles. The average Bonchev–Trinajstić information content (AvgIpc) is 3.13. The summed E-state index contributed by atoms with van der Waals surface area (Å²) in [5.74, 6) is 0.987. The zero-order chi connectivity index (χ0) is 15.8. The predicted octanol–water partition coefficient (Wildman–Crippen LogP) is 3.78. The van der Waals surface area contributed by atoms with Crippen LogP contribution in [0.2, 0.25) is 0 Å². The number of fused-ring (bicyclic) bond motifs is 1. The van der Waals surface area contributed by atoms with Crippen LogP contribution in [0.1, 0.15) is 61.0 Å². The lowest BCUT2D eigenvalue weighted by molar-refractivity contribution is 0.0753. The summed E-state index contributed by atoms with van der Waals surface area (Å²) in [6.07, 6.45) is 5.30. The second-order valence-electron chi connectivity index (χ2n) is 5.50. The number of aryl methyl sites for hydroxylation is 1. The summed E-state index contributed by atoms with van der Waals surface area (Å²) >= 11 is 0. The Morgan fingerprint density at radius 1 is 1.19 bits per heavy atom. The topological polar surface area (TPSA) is 40.5 Å². The van der Waals surface area contributed by atoms with Gasteiger partial charge in [-0.15, -0.1) is 0 Å². The summed E-state index contributed by atoms with van der Waals surface area (Å²) in [5, 5.41) is 7.00. The van der Waals surface area contributed by atoms with E-state index in [1.54, 1.807) is 0 Å². The van der Waals surface area contributed by atoms with Crippen molar-refractivity contribution in [2.24, 2.45) is 5.92 Å². The molecule has 1 aliphatic heterocycles. The molecule has 1 amide bonds. The fourth-order valence-corrected chi connectivity index (χ4v) is 3.16. The molecule has 0 saturated heterocycles. The first-order valence-corrected chi connectivity index (χ1v) is 8.07. The van der Waals surface area contributed by atoms with E-state index in [0.29, 0.717) is 0 Å². The van der Waals surface area contributed by atoms with Crippen LogP contribution in [0.3, 0.4) is 0 Å². The average molecular weight is 291 g/mol. The lowest BCUT2D eigenvalue weighted by atomic mass is 10.1. The van der Waals surface area contributed by atoms with Crippen molar-refractivity contribution in [1.82, 2.24) is 4.90 Å². The highest BCUT2D eigenvalue weighted by Gasteiger charge is 2.29. The van der Waals surface area contributed by atoms with E-state index in [1.165, 1.54) is 36.8 Å². The van der Waals surface area contributed by atoms with E-state index in [-0.39, 0.29) is 5.91 Å². The van der Waals surface area contributed by atoms with Gasteiger partial charge in [-0.3, -0.25) is 4.79 Å². The SMILES string of the molecule is CC.CO.Cc1ccc2c(c1)CN(CC1CCCC1)C2=O. The zero-order valence-corrected chi connectivity index (χ0v) is 13.9. The molecule has 0 radical (unpaired) electrons. The highest BCUT2D eigenvalue weighted by molar-refractivity contribution is 5.98. The number of hydrogen-bond donors (Lipinski definition) is 1. The standard InChI is InChI=1S/C15H19NO.C2H6.CH4O/c1-11-6-7-14-13(8-11)10-16(15(14)17)9-12-4-2-3-5-12;2*1-2/h6-8,12H,2-5,9-10H2,1H3;1-2H3;2H,1H3. The molecule has 2 aliphatic rings. The summed E-state index contributed by atoms with van der Waals surface area (Å²) in [6.45, 7) is 7.88. The molecule has 0 spiro atoms. The molecule has 1 aromatic carbocycles. The lowest BCUT2D eigenvalue weighted by Gasteiger charge is -2.19. The molecule has 118 valence electrons. The maximum Gasteiger partial charge on any atom is 0.254 e. The molecule has 1 fully saturated rings. The monoisotopic (exact) mass is 291 g/mol. The van der Waals surface area contributed by atoms with Crippen LogP contribution in [-0.4, -0.2) is 29.6 Å². The molecular formula is C18H29NO2. The van der Waals surface area contributed by atoms with E-state index < -0.39 is 0 Å². The first-order chi connectivity index (χ1) is 10.2. The van der Waals surface area contributed by atoms with E-state index in [2.05, 4.69) is 13.0 Å². The highest BCUT2D eigenvalue weighted by atomic mass is 16.2. The largest absolute Gasteiger partial charge is 0.400 e. The predicted molar refractivity (Wildman–Crippen MR) is 87.4 cm³/mol. The smallest absolute Gasteiger partial charge is 0.254 e. The van der Waals surface area contributed by atoms with Crippen LogP contribution < -0.4 is 0 Å². The molecule has 1 N–H and O–H groups in total. The van der Waals surface area contributed by atoms with Gasteiger partial charge in [0.1, 0.15) is 0 Å². The highest BCUT2D eigenvalue weighted by Crippen LogP contribution is 2.30. The van der Waals surface area contributed by atoms with E-state index >= 15 is 0 Å². The van der Waals surface area contributed by atoms with Gasteiger partial charge in [0.2, 0.25) is 0 Å². The van der Waals surface area contributed by atoms with Crippen molar-refractivity contribution in [1.29, 1.82) is 0 Å². The number of rotatable bonds is 2. The minimum atomic E-state index is 0.243. The number of hydrogen-bond acceptors (Lipinski definition) is 2. The van der Waals surface area contributed by atoms with E-state index in [1.807, 2.05) is 30.9 Å². The third-order valence-electron chi connectivity index (χ3n) is 4.09. The van der Waals surface area contributed by atoms with Gasteiger partial charge in [0.15, 0.2) is 0 Å². The fraction of sp³-hybridized carbons (Fsp3) is 0.611. The number of aliphatic hydroxyl groups is 1. The molecule has 1 aliphatic carbocycles. The minimum Gasteiger partial charge on any atom is -0.400 e. The third-order valence-corrected chi connectivity index (χ3v) is 4.09. The van der Waals surface area contributed by atoms with Gasteiger partial charge in [-0.05, 0) is 37.3 Å². The van der Waals surface area contributed by atoms with Crippen LogP contribution in [-0.2, 0) is 6.54 Å². The summed E-state index contributed by atoms with van der Waals surface area (Å²) in [5.41, 5.74) is 3.39. The summed E-state index contributed by atoms with van der Waals surface area (Å²) < 4.78 is 0. The third kappa shape index (κ3) is 4.31. The Labute approximate surface area is 129 Å². The van der Waals surface area contributed by atoms with Gasteiger partial charge < -0.3 is 10.0 Å². The van der Waals surface area contributed by atoms with Crippen molar-refractivity contribution in [3.63, 3.8) is 0 Å². The summed E-state index contributed by atoms with van der Waals surface area (Å²) in [4.78, 5) is 14.3. The number of benzene rings is 1. The molecule has 3 heteroatoms. The van der Waals surface area contributed by atoms with Gasteiger partial charge >= 0.3 is 0 Å². The Balaban J connectivity index is 0.000000510. The van der Waals surface area contributed by atoms with Crippen LogP contribution in [0.25, 0.3) is 0 Å².